The SMILES string of the molecule is CN(C)c1nc(N(C)c2ccccc2)nc(N(C)C2CCCCC2)n1. The van der Waals surface area contributed by atoms with E-state index in [0.717, 1.165) is 11.6 Å². The molecular weight excluding hydrogens is 312 g/mol. The average Bonchev–Trinajstić information content (AvgIpc) is 2.67. The lowest BCUT2D eigenvalue weighted by Gasteiger charge is -2.32. The predicted molar refractivity (Wildman–Crippen MR) is 104 cm³/mol. The van der Waals surface area contributed by atoms with E-state index in [-0.39, 0.29) is 0 Å². The lowest BCUT2D eigenvalue weighted by atomic mass is 9.95. The quantitative estimate of drug-likeness (QED) is 0.830. The van der Waals surface area contributed by atoms with E-state index in [1.807, 2.05) is 49.1 Å². The van der Waals surface area contributed by atoms with Crippen molar-refractivity contribution in [2.75, 3.05) is 42.9 Å². The van der Waals surface area contributed by atoms with Gasteiger partial charge in [-0.1, -0.05) is 37.5 Å². The maximum absolute atomic E-state index is 4.77. The van der Waals surface area contributed by atoms with Crippen LogP contribution in [0.25, 0.3) is 0 Å². The Kier molecular flexibility index (Phi) is 5.36. The van der Waals surface area contributed by atoms with Crippen LogP contribution in [0.3, 0.4) is 0 Å². The molecule has 134 valence electrons. The Morgan fingerprint density at radius 1 is 0.760 bits per heavy atom. The molecule has 1 aromatic carbocycles. The Morgan fingerprint density at radius 2 is 1.36 bits per heavy atom. The van der Waals surface area contributed by atoms with Gasteiger partial charge in [-0.05, 0) is 25.0 Å². The zero-order chi connectivity index (χ0) is 17.8. The van der Waals surface area contributed by atoms with Crippen molar-refractivity contribution in [2.24, 2.45) is 0 Å². The maximum atomic E-state index is 4.77. The van der Waals surface area contributed by atoms with Crippen LogP contribution in [-0.2, 0) is 0 Å². The van der Waals surface area contributed by atoms with Crippen LogP contribution in [0.1, 0.15) is 32.1 Å². The fourth-order valence-corrected chi connectivity index (χ4v) is 3.25. The van der Waals surface area contributed by atoms with Crippen molar-refractivity contribution in [2.45, 2.75) is 38.1 Å². The molecule has 1 aliphatic carbocycles. The molecule has 0 atom stereocenters. The number of benzene rings is 1. The third-order valence-electron chi connectivity index (χ3n) is 4.88. The molecule has 6 nitrogen and oxygen atoms in total. The standard InChI is InChI=1S/C19H28N6/c1-23(2)17-20-18(24(3)15-11-7-5-8-12-15)22-19(21-17)25(4)16-13-9-6-10-14-16/h5,7-8,11-12,16H,6,9-10,13-14H2,1-4H3. The molecule has 1 fully saturated rings. The van der Waals surface area contributed by atoms with E-state index >= 15 is 0 Å². The van der Waals surface area contributed by atoms with Gasteiger partial charge in [0.15, 0.2) is 0 Å². The Bertz CT molecular complexity index is 682. The monoisotopic (exact) mass is 340 g/mol. The van der Waals surface area contributed by atoms with Crippen LogP contribution in [-0.4, -0.2) is 49.2 Å². The summed E-state index contributed by atoms with van der Waals surface area (Å²) in [7, 11) is 8.03. The molecule has 0 radical (unpaired) electrons. The van der Waals surface area contributed by atoms with E-state index in [1.165, 1.54) is 32.1 Å². The van der Waals surface area contributed by atoms with Crippen LogP contribution in [0.4, 0.5) is 23.5 Å². The first kappa shape index (κ1) is 17.5. The minimum atomic E-state index is 0.515. The normalized spacial score (nSPS) is 15.0. The first-order valence-electron chi connectivity index (χ1n) is 9.01. The van der Waals surface area contributed by atoms with Gasteiger partial charge in [-0.3, -0.25) is 0 Å². The van der Waals surface area contributed by atoms with Gasteiger partial charge in [-0.15, -0.1) is 0 Å². The number of para-hydroxylation sites is 1. The molecule has 1 aromatic heterocycles. The van der Waals surface area contributed by atoms with Gasteiger partial charge in [0.05, 0.1) is 0 Å². The molecule has 2 aromatic rings. The van der Waals surface area contributed by atoms with E-state index in [9.17, 15) is 0 Å². The maximum Gasteiger partial charge on any atom is 0.236 e. The van der Waals surface area contributed by atoms with E-state index in [0.29, 0.717) is 17.9 Å². The highest BCUT2D eigenvalue weighted by molar-refractivity contribution is 5.58. The van der Waals surface area contributed by atoms with Gasteiger partial charge in [0, 0.05) is 39.9 Å². The number of anilines is 4. The average molecular weight is 340 g/mol. The van der Waals surface area contributed by atoms with Crippen molar-refractivity contribution in [3.63, 3.8) is 0 Å². The molecule has 1 saturated carbocycles. The summed E-state index contributed by atoms with van der Waals surface area (Å²) < 4.78 is 0. The summed E-state index contributed by atoms with van der Waals surface area (Å²) in [5, 5.41) is 0. The second-order valence-corrected chi connectivity index (χ2v) is 6.93. The van der Waals surface area contributed by atoms with Crippen LogP contribution >= 0.6 is 0 Å². The molecule has 1 heterocycles. The van der Waals surface area contributed by atoms with E-state index in [4.69, 9.17) is 4.98 Å². The smallest absolute Gasteiger partial charge is 0.236 e. The van der Waals surface area contributed by atoms with Gasteiger partial charge < -0.3 is 14.7 Å². The molecule has 6 heteroatoms. The van der Waals surface area contributed by atoms with Gasteiger partial charge in [0.1, 0.15) is 0 Å². The van der Waals surface area contributed by atoms with Crippen LogP contribution in [0.5, 0.6) is 0 Å². The molecule has 0 spiro atoms. The first-order valence-corrected chi connectivity index (χ1v) is 9.01. The molecular formula is C19H28N6. The molecule has 25 heavy (non-hydrogen) atoms. The van der Waals surface area contributed by atoms with Crippen molar-refractivity contribution in [3.05, 3.63) is 30.3 Å². The summed E-state index contributed by atoms with van der Waals surface area (Å²) in [6.07, 6.45) is 6.34. The Labute approximate surface area is 150 Å². The second kappa shape index (κ2) is 7.68. The topological polar surface area (TPSA) is 48.4 Å². The fourth-order valence-electron chi connectivity index (χ4n) is 3.25. The van der Waals surface area contributed by atoms with Crippen LogP contribution in [0.15, 0.2) is 30.3 Å². The van der Waals surface area contributed by atoms with Crippen molar-refractivity contribution in [1.29, 1.82) is 0 Å². The molecule has 0 saturated heterocycles. The third-order valence-corrected chi connectivity index (χ3v) is 4.88. The lowest BCUT2D eigenvalue weighted by Crippen LogP contribution is -2.35. The van der Waals surface area contributed by atoms with E-state index in [1.54, 1.807) is 0 Å². The number of aromatic nitrogens is 3. The van der Waals surface area contributed by atoms with Gasteiger partial charge in [-0.2, -0.15) is 15.0 Å². The van der Waals surface area contributed by atoms with E-state index < -0.39 is 0 Å². The van der Waals surface area contributed by atoms with Gasteiger partial charge in [-0.25, -0.2) is 0 Å². The minimum absolute atomic E-state index is 0.515. The highest BCUT2D eigenvalue weighted by Gasteiger charge is 2.22. The van der Waals surface area contributed by atoms with Crippen LogP contribution in [0, 0.1) is 0 Å². The highest BCUT2D eigenvalue weighted by Crippen LogP contribution is 2.27. The van der Waals surface area contributed by atoms with Gasteiger partial charge in [0.2, 0.25) is 17.8 Å². The summed E-state index contributed by atoms with van der Waals surface area (Å²) >= 11 is 0. The summed E-state index contributed by atoms with van der Waals surface area (Å²) in [5.74, 6) is 2.11. The molecule has 0 amide bonds. The molecule has 0 bridgehead atoms. The minimum Gasteiger partial charge on any atom is -0.347 e. The van der Waals surface area contributed by atoms with Crippen LogP contribution < -0.4 is 14.7 Å². The second-order valence-electron chi connectivity index (χ2n) is 6.93. The lowest BCUT2D eigenvalue weighted by molar-refractivity contribution is 0.424. The number of rotatable bonds is 5. The van der Waals surface area contributed by atoms with Crippen molar-refractivity contribution >= 4 is 23.5 Å². The molecule has 3 rings (SSSR count). The number of nitrogens with zero attached hydrogens (tertiary/aromatic N) is 6. The Balaban J connectivity index is 1.94. The summed E-state index contributed by atoms with van der Waals surface area (Å²) in [5.41, 5.74) is 1.06. The first-order chi connectivity index (χ1) is 12.1. The zero-order valence-electron chi connectivity index (χ0n) is 15.7. The van der Waals surface area contributed by atoms with Gasteiger partial charge in [0.25, 0.3) is 0 Å². The zero-order valence-corrected chi connectivity index (χ0v) is 15.7. The third kappa shape index (κ3) is 4.00. The van der Waals surface area contributed by atoms with Gasteiger partial charge >= 0.3 is 0 Å². The summed E-state index contributed by atoms with van der Waals surface area (Å²) in [6.45, 7) is 0. The number of hydrogen-bond acceptors (Lipinski definition) is 6. The fraction of sp³-hybridized carbons (Fsp3) is 0.526. The Hall–Kier alpha value is -2.37. The predicted octanol–water partition coefficient (Wildman–Crippen LogP) is 3.47. The Morgan fingerprint density at radius 3 is 2.00 bits per heavy atom. The van der Waals surface area contributed by atoms with Crippen LogP contribution in [0.2, 0.25) is 0 Å². The number of hydrogen-bond donors (Lipinski definition) is 0. The largest absolute Gasteiger partial charge is 0.347 e. The van der Waals surface area contributed by atoms with E-state index in [2.05, 4.69) is 34.0 Å². The molecule has 0 unspecified atom stereocenters. The summed E-state index contributed by atoms with van der Waals surface area (Å²) in [6, 6.07) is 10.7. The summed E-state index contributed by atoms with van der Waals surface area (Å²) in [4.78, 5) is 20.3. The molecule has 1 aliphatic rings. The van der Waals surface area contributed by atoms with Crippen molar-refractivity contribution in [1.82, 2.24) is 15.0 Å². The molecule has 0 aliphatic heterocycles. The molecule has 0 N–H and O–H groups in total. The highest BCUT2D eigenvalue weighted by atomic mass is 15.4. The van der Waals surface area contributed by atoms with Crippen molar-refractivity contribution in [3.8, 4) is 0 Å². The van der Waals surface area contributed by atoms with Crippen molar-refractivity contribution < 1.29 is 0 Å².